The van der Waals surface area contributed by atoms with Gasteiger partial charge in [-0.1, -0.05) is 25.0 Å². The molecule has 1 aromatic rings. The average Bonchev–Trinajstić information content (AvgIpc) is 3.01. The maximum atomic E-state index is 13.0. The van der Waals surface area contributed by atoms with E-state index in [0.717, 1.165) is 44.7 Å². The third-order valence-electron chi connectivity index (χ3n) is 4.84. The van der Waals surface area contributed by atoms with Gasteiger partial charge in [-0.3, -0.25) is 9.69 Å². The molecular formula is C17H22INO2. The fourth-order valence-electron chi connectivity index (χ4n) is 3.67. The van der Waals surface area contributed by atoms with E-state index >= 15 is 0 Å². The number of hydrogen-bond acceptors (Lipinski definition) is 3. The maximum Gasteiger partial charge on any atom is 0.157 e. The lowest BCUT2D eigenvalue weighted by Crippen LogP contribution is -2.57. The fraction of sp³-hybridized carbons (Fsp3) is 0.588. The highest BCUT2D eigenvalue weighted by atomic mass is 127. The zero-order chi connectivity index (χ0) is 14.7. The molecule has 1 aliphatic carbocycles. The first-order valence-corrected chi connectivity index (χ1v) is 8.89. The van der Waals surface area contributed by atoms with Crippen LogP contribution in [-0.2, 0) is 16.0 Å². The van der Waals surface area contributed by atoms with E-state index in [2.05, 4.69) is 51.8 Å². The molecule has 2 aliphatic rings. The number of ether oxygens (including phenoxy) is 1. The standard InChI is InChI=1S/C17H22INO2/c18-15-5-3-14(4-6-15)13-16(20)17(7-1-2-8-17)19-9-11-21-12-10-19/h3-6H,1-2,7-13H2. The predicted octanol–water partition coefficient (Wildman–Crippen LogP) is 3.05. The lowest BCUT2D eigenvalue weighted by molar-refractivity contribution is -0.133. The SMILES string of the molecule is O=C(Cc1ccc(I)cc1)C1(N2CCOCC2)CCCC1. The second-order valence-electron chi connectivity index (χ2n) is 6.06. The third kappa shape index (κ3) is 3.32. The van der Waals surface area contributed by atoms with Crippen molar-refractivity contribution < 1.29 is 9.53 Å². The lowest BCUT2D eigenvalue weighted by Gasteiger charge is -2.42. The fourth-order valence-corrected chi connectivity index (χ4v) is 4.03. The van der Waals surface area contributed by atoms with Crippen molar-refractivity contribution in [2.75, 3.05) is 26.3 Å². The molecule has 4 heteroatoms. The molecule has 3 nitrogen and oxygen atoms in total. The van der Waals surface area contributed by atoms with Crippen molar-refractivity contribution >= 4 is 28.4 Å². The molecule has 1 aromatic carbocycles. The molecule has 0 N–H and O–H groups in total. The Balaban J connectivity index is 1.76. The van der Waals surface area contributed by atoms with Gasteiger partial charge in [0.25, 0.3) is 0 Å². The van der Waals surface area contributed by atoms with Crippen molar-refractivity contribution in [1.82, 2.24) is 4.90 Å². The minimum Gasteiger partial charge on any atom is -0.379 e. The number of halogens is 1. The van der Waals surface area contributed by atoms with E-state index in [1.54, 1.807) is 0 Å². The van der Waals surface area contributed by atoms with Crippen LogP contribution in [-0.4, -0.2) is 42.5 Å². The van der Waals surface area contributed by atoms with Crippen LogP contribution >= 0.6 is 22.6 Å². The second kappa shape index (κ2) is 6.75. The molecule has 1 heterocycles. The number of carbonyl (C=O) groups excluding carboxylic acids is 1. The first-order valence-electron chi connectivity index (χ1n) is 7.81. The second-order valence-corrected chi connectivity index (χ2v) is 7.31. The van der Waals surface area contributed by atoms with Gasteiger partial charge in [-0.05, 0) is 53.1 Å². The molecule has 1 saturated carbocycles. The first-order chi connectivity index (χ1) is 10.2. The van der Waals surface area contributed by atoms with Gasteiger partial charge < -0.3 is 4.74 Å². The van der Waals surface area contributed by atoms with Gasteiger partial charge in [0.15, 0.2) is 5.78 Å². The van der Waals surface area contributed by atoms with Crippen LogP contribution in [0.1, 0.15) is 31.2 Å². The molecule has 0 spiro atoms. The quantitative estimate of drug-likeness (QED) is 0.730. The summed E-state index contributed by atoms with van der Waals surface area (Å²) in [4.78, 5) is 15.4. The van der Waals surface area contributed by atoms with E-state index in [1.807, 2.05) is 0 Å². The summed E-state index contributed by atoms with van der Waals surface area (Å²) in [6.07, 6.45) is 4.96. The van der Waals surface area contributed by atoms with E-state index in [4.69, 9.17) is 4.74 Å². The highest BCUT2D eigenvalue weighted by Gasteiger charge is 2.45. The summed E-state index contributed by atoms with van der Waals surface area (Å²) < 4.78 is 6.68. The lowest BCUT2D eigenvalue weighted by atomic mass is 9.86. The van der Waals surface area contributed by atoms with Crippen LogP contribution in [0.25, 0.3) is 0 Å². The van der Waals surface area contributed by atoms with Crippen LogP contribution in [0.15, 0.2) is 24.3 Å². The van der Waals surface area contributed by atoms with Crippen LogP contribution in [0, 0.1) is 3.57 Å². The van der Waals surface area contributed by atoms with Crippen LogP contribution in [0.3, 0.4) is 0 Å². The van der Waals surface area contributed by atoms with Gasteiger partial charge in [-0.2, -0.15) is 0 Å². The van der Waals surface area contributed by atoms with E-state index in [-0.39, 0.29) is 5.54 Å². The van der Waals surface area contributed by atoms with Gasteiger partial charge in [0.2, 0.25) is 0 Å². The summed E-state index contributed by atoms with van der Waals surface area (Å²) in [7, 11) is 0. The van der Waals surface area contributed by atoms with Crippen LogP contribution < -0.4 is 0 Å². The monoisotopic (exact) mass is 399 g/mol. The van der Waals surface area contributed by atoms with E-state index in [9.17, 15) is 4.79 Å². The van der Waals surface area contributed by atoms with Gasteiger partial charge in [0.1, 0.15) is 0 Å². The normalized spacial score (nSPS) is 22.3. The Morgan fingerprint density at radius 1 is 1.14 bits per heavy atom. The van der Waals surface area contributed by atoms with E-state index in [1.165, 1.54) is 16.4 Å². The van der Waals surface area contributed by atoms with Crippen molar-refractivity contribution in [3.8, 4) is 0 Å². The minimum atomic E-state index is -0.215. The Hall–Kier alpha value is -0.460. The van der Waals surface area contributed by atoms with Gasteiger partial charge in [0.05, 0.1) is 18.8 Å². The highest BCUT2D eigenvalue weighted by molar-refractivity contribution is 14.1. The smallest absolute Gasteiger partial charge is 0.157 e. The van der Waals surface area contributed by atoms with Gasteiger partial charge in [0, 0.05) is 23.1 Å². The predicted molar refractivity (Wildman–Crippen MR) is 91.5 cm³/mol. The van der Waals surface area contributed by atoms with Crippen molar-refractivity contribution in [3.05, 3.63) is 33.4 Å². The molecule has 3 rings (SSSR count). The van der Waals surface area contributed by atoms with Gasteiger partial charge >= 0.3 is 0 Å². The summed E-state index contributed by atoms with van der Waals surface area (Å²) in [5.74, 6) is 0.406. The molecule has 1 aliphatic heterocycles. The number of rotatable bonds is 4. The van der Waals surface area contributed by atoms with Crippen molar-refractivity contribution in [3.63, 3.8) is 0 Å². The number of carbonyl (C=O) groups is 1. The summed E-state index contributed by atoms with van der Waals surface area (Å²) >= 11 is 2.30. The van der Waals surface area contributed by atoms with Crippen LogP contribution in [0.2, 0.25) is 0 Å². The Labute approximate surface area is 140 Å². The molecule has 0 amide bonds. The van der Waals surface area contributed by atoms with Gasteiger partial charge in [-0.15, -0.1) is 0 Å². The molecule has 0 unspecified atom stereocenters. The number of morpholine rings is 1. The van der Waals surface area contributed by atoms with Crippen molar-refractivity contribution in [2.45, 2.75) is 37.6 Å². The van der Waals surface area contributed by atoms with Crippen LogP contribution in [0.4, 0.5) is 0 Å². The van der Waals surface area contributed by atoms with Crippen LogP contribution in [0.5, 0.6) is 0 Å². The molecule has 0 aromatic heterocycles. The molecule has 114 valence electrons. The number of hydrogen-bond donors (Lipinski definition) is 0. The average molecular weight is 399 g/mol. The van der Waals surface area contributed by atoms with Crippen molar-refractivity contribution in [1.29, 1.82) is 0 Å². The third-order valence-corrected chi connectivity index (χ3v) is 5.56. The zero-order valence-corrected chi connectivity index (χ0v) is 14.5. The highest BCUT2D eigenvalue weighted by Crippen LogP contribution is 2.37. The summed E-state index contributed by atoms with van der Waals surface area (Å²) in [6, 6.07) is 8.34. The molecule has 0 radical (unpaired) electrons. The molecule has 0 bridgehead atoms. The number of ketones is 1. The van der Waals surface area contributed by atoms with E-state index in [0.29, 0.717) is 12.2 Å². The summed E-state index contributed by atoms with van der Waals surface area (Å²) in [5.41, 5.74) is 0.923. The molecule has 2 fully saturated rings. The Morgan fingerprint density at radius 3 is 2.38 bits per heavy atom. The molecule has 1 saturated heterocycles. The molecule has 21 heavy (non-hydrogen) atoms. The Morgan fingerprint density at radius 2 is 1.76 bits per heavy atom. The Bertz CT molecular complexity index is 488. The topological polar surface area (TPSA) is 29.5 Å². The molecule has 0 atom stereocenters. The summed E-state index contributed by atoms with van der Waals surface area (Å²) in [5, 5.41) is 0. The van der Waals surface area contributed by atoms with Crippen molar-refractivity contribution in [2.24, 2.45) is 0 Å². The minimum absolute atomic E-state index is 0.215. The van der Waals surface area contributed by atoms with Gasteiger partial charge in [-0.25, -0.2) is 0 Å². The first kappa shape index (κ1) is 15.4. The number of nitrogens with zero attached hydrogens (tertiary/aromatic N) is 1. The number of benzene rings is 1. The molecular weight excluding hydrogens is 377 g/mol. The van der Waals surface area contributed by atoms with E-state index < -0.39 is 0 Å². The Kier molecular flexibility index (Phi) is 4.96. The zero-order valence-electron chi connectivity index (χ0n) is 12.3. The number of Topliss-reactive ketones (excluding diaryl/α,β-unsaturated/α-hetero) is 1. The maximum absolute atomic E-state index is 13.0. The largest absolute Gasteiger partial charge is 0.379 e. The summed E-state index contributed by atoms with van der Waals surface area (Å²) in [6.45, 7) is 3.33.